The Bertz CT molecular complexity index is 435. The van der Waals surface area contributed by atoms with Gasteiger partial charge in [-0.15, -0.1) is 0 Å². The summed E-state index contributed by atoms with van der Waals surface area (Å²) in [5, 5.41) is 6.05. The van der Waals surface area contributed by atoms with Crippen LogP contribution in [0, 0.1) is 0 Å². The largest absolute Gasteiger partial charge is 0.461 e. The molecule has 0 aliphatic heterocycles. The maximum atomic E-state index is 5.80. The van der Waals surface area contributed by atoms with Gasteiger partial charge < -0.3 is 20.1 Å². The van der Waals surface area contributed by atoms with Gasteiger partial charge in [0.25, 0.3) is 0 Å². The van der Waals surface area contributed by atoms with Gasteiger partial charge in [0.05, 0.1) is 18.8 Å². The summed E-state index contributed by atoms with van der Waals surface area (Å²) in [5.74, 6) is 0.986. The SMILES string of the molecule is CNc1nc(NCCOC2CCCC2)nc(OC(C)C)n1. The maximum absolute atomic E-state index is 5.80. The van der Waals surface area contributed by atoms with Crippen LogP contribution < -0.4 is 15.4 Å². The third-order valence-electron chi connectivity index (χ3n) is 3.22. The van der Waals surface area contributed by atoms with Crippen LogP contribution in [0.15, 0.2) is 0 Å². The van der Waals surface area contributed by atoms with Crippen molar-refractivity contribution < 1.29 is 9.47 Å². The molecular formula is C14H25N5O2. The number of hydrogen-bond donors (Lipinski definition) is 2. The number of aromatic nitrogens is 3. The molecule has 1 heterocycles. The summed E-state index contributed by atoms with van der Waals surface area (Å²) in [7, 11) is 1.77. The summed E-state index contributed by atoms with van der Waals surface area (Å²) >= 11 is 0. The fourth-order valence-corrected chi connectivity index (χ4v) is 2.25. The van der Waals surface area contributed by atoms with Gasteiger partial charge in [0.2, 0.25) is 11.9 Å². The first-order chi connectivity index (χ1) is 10.2. The highest BCUT2D eigenvalue weighted by atomic mass is 16.5. The van der Waals surface area contributed by atoms with Crippen molar-refractivity contribution >= 4 is 11.9 Å². The van der Waals surface area contributed by atoms with Crippen molar-refractivity contribution in [2.75, 3.05) is 30.8 Å². The van der Waals surface area contributed by atoms with Gasteiger partial charge in [0, 0.05) is 13.6 Å². The Labute approximate surface area is 125 Å². The molecule has 0 aromatic carbocycles. The Morgan fingerprint density at radius 2 is 1.86 bits per heavy atom. The van der Waals surface area contributed by atoms with E-state index in [2.05, 4.69) is 25.6 Å². The molecule has 0 saturated heterocycles. The molecule has 1 aromatic heterocycles. The van der Waals surface area contributed by atoms with Gasteiger partial charge in [0.1, 0.15) is 0 Å². The van der Waals surface area contributed by atoms with E-state index >= 15 is 0 Å². The molecule has 0 amide bonds. The van der Waals surface area contributed by atoms with Gasteiger partial charge >= 0.3 is 6.01 Å². The molecule has 0 radical (unpaired) electrons. The molecule has 0 bridgehead atoms. The monoisotopic (exact) mass is 295 g/mol. The second kappa shape index (κ2) is 7.97. The number of ether oxygens (including phenoxy) is 2. The summed E-state index contributed by atoms with van der Waals surface area (Å²) in [6.45, 7) is 5.20. The van der Waals surface area contributed by atoms with Crippen LogP contribution in [0.3, 0.4) is 0 Å². The van der Waals surface area contributed by atoms with Crippen LogP contribution in [0.1, 0.15) is 39.5 Å². The molecule has 1 aromatic rings. The highest BCUT2D eigenvalue weighted by Gasteiger charge is 2.15. The molecule has 7 heteroatoms. The van der Waals surface area contributed by atoms with Crippen LogP contribution >= 0.6 is 0 Å². The number of rotatable bonds is 8. The Morgan fingerprint density at radius 3 is 2.52 bits per heavy atom. The lowest BCUT2D eigenvalue weighted by atomic mass is 10.3. The van der Waals surface area contributed by atoms with Crippen LogP contribution in [0.4, 0.5) is 11.9 Å². The molecule has 1 aliphatic carbocycles. The fraction of sp³-hybridized carbons (Fsp3) is 0.786. The molecule has 118 valence electrons. The highest BCUT2D eigenvalue weighted by molar-refractivity contribution is 5.35. The number of anilines is 2. The quantitative estimate of drug-likeness (QED) is 0.710. The van der Waals surface area contributed by atoms with Gasteiger partial charge in [-0.1, -0.05) is 12.8 Å². The molecule has 7 nitrogen and oxygen atoms in total. The molecule has 0 unspecified atom stereocenters. The van der Waals surface area contributed by atoms with Gasteiger partial charge in [0.15, 0.2) is 0 Å². The lowest BCUT2D eigenvalue weighted by molar-refractivity contribution is 0.0658. The van der Waals surface area contributed by atoms with Gasteiger partial charge in [-0.25, -0.2) is 0 Å². The van der Waals surface area contributed by atoms with Crippen molar-refractivity contribution in [3.63, 3.8) is 0 Å². The zero-order valence-electron chi connectivity index (χ0n) is 13.1. The van der Waals surface area contributed by atoms with Crippen LogP contribution in [-0.2, 0) is 4.74 Å². The average molecular weight is 295 g/mol. The standard InChI is InChI=1S/C14H25N5O2/c1-10(2)21-14-18-12(15-3)17-13(19-14)16-8-9-20-11-6-4-5-7-11/h10-11H,4-9H2,1-3H3,(H2,15,16,17,18,19). The Hall–Kier alpha value is -1.63. The first-order valence-electron chi connectivity index (χ1n) is 7.63. The van der Waals surface area contributed by atoms with Crippen molar-refractivity contribution in [1.29, 1.82) is 0 Å². The van der Waals surface area contributed by atoms with Crippen molar-refractivity contribution in [3.05, 3.63) is 0 Å². The molecule has 1 fully saturated rings. The minimum atomic E-state index is 0.0238. The van der Waals surface area contributed by atoms with Gasteiger partial charge in [-0.3, -0.25) is 0 Å². The zero-order chi connectivity index (χ0) is 15.1. The van der Waals surface area contributed by atoms with Crippen molar-refractivity contribution in [1.82, 2.24) is 15.0 Å². The summed E-state index contributed by atoms with van der Waals surface area (Å²) < 4.78 is 11.3. The summed E-state index contributed by atoms with van der Waals surface area (Å²) in [6.07, 6.45) is 5.39. The van der Waals surface area contributed by atoms with E-state index in [-0.39, 0.29) is 6.10 Å². The average Bonchev–Trinajstić information content (AvgIpc) is 2.96. The van der Waals surface area contributed by atoms with Gasteiger partial charge in [-0.2, -0.15) is 15.0 Å². The Kier molecular flexibility index (Phi) is 5.98. The smallest absolute Gasteiger partial charge is 0.323 e. The number of nitrogens with one attached hydrogen (secondary N) is 2. The number of nitrogens with zero attached hydrogens (tertiary/aromatic N) is 3. The van der Waals surface area contributed by atoms with E-state index in [0.29, 0.717) is 37.2 Å². The molecule has 2 N–H and O–H groups in total. The van der Waals surface area contributed by atoms with Crippen molar-refractivity contribution in [2.45, 2.75) is 51.7 Å². The van der Waals surface area contributed by atoms with E-state index < -0.39 is 0 Å². The van der Waals surface area contributed by atoms with Crippen molar-refractivity contribution in [2.24, 2.45) is 0 Å². The predicted molar refractivity (Wildman–Crippen MR) is 81.8 cm³/mol. The minimum absolute atomic E-state index is 0.0238. The third kappa shape index (κ3) is 5.34. The molecule has 1 aliphatic rings. The summed E-state index contributed by atoms with van der Waals surface area (Å²) in [5.41, 5.74) is 0. The van der Waals surface area contributed by atoms with E-state index in [9.17, 15) is 0 Å². The van der Waals surface area contributed by atoms with E-state index in [1.807, 2.05) is 13.8 Å². The second-order valence-electron chi connectivity index (χ2n) is 5.39. The Balaban J connectivity index is 1.82. The van der Waals surface area contributed by atoms with E-state index in [4.69, 9.17) is 9.47 Å². The predicted octanol–water partition coefficient (Wildman–Crippen LogP) is 2.07. The molecule has 2 rings (SSSR count). The second-order valence-corrected chi connectivity index (χ2v) is 5.39. The molecule has 0 atom stereocenters. The minimum Gasteiger partial charge on any atom is -0.461 e. The third-order valence-corrected chi connectivity index (χ3v) is 3.22. The molecule has 21 heavy (non-hydrogen) atoms. The van der Waals surface area contributed by atoms with E-state index in [1.54, 1.807) is 7.05 Å². The highest BCUT2D eigenvalue weighted by Crippen LogP contribution is 2.20. The van der Waals surface area contributed by atoms with Crippen LogP contribution in [0.2, 0.25) is 0 Å². The lowest BCUT2D eigenvalue weighted by Gasteiger charge is -2.13. The van der Waals surface area contributed by atoms with Crippen molar-refractivity contribution in [3.8, 4) is 6.01 Å². The first-order valence-corrected chi connectivity index (χ1v) is 7.63. The molecular weight excluding hydrogens is 270 g/mol. The maximum Gasteiger partial charge on any atom is 0.323 e. The van der Waals surface area contributed by atoms with E-state index in [0.717, 1.165) is 0 Å². The zero-order valence-corrected chi connectivity index (χ0v) is 13.1. The van der Waals surface area contributed by atoms with Crippen LogP contribution in [0.5, 0.6) is 6.01 Å². The van der Waals surface area contributed by atoms with Crippen LogP contribution in [0.25, 0.3) is 0 Å². The van der Waals surface area contributed by atoms with E-state index in [1.165, 1.54) is 25.7 Å². The lowest BCUT2D eigenvalue weighted by Crippen LogP contribution is -2.18. The van der Waals surface area contributed by atoms with Gasteiger partial charge in [-0.05, 0) is 26.7 Å². The number of hydrogen-bond acceptors (Lipinski definition) is 7. The topological polar surface area (TPSA) is 81.2 Å². The normalized spacial score (nSPS) is 15.4. The Morgan fingerprint density at radius 1 is 1.14 bits per heavy atom. The molecule has 0 spiro atoms. The van der Waals surface area contributed by atoms with Crippen LogP contribution in [-0.4, -0.2) is 47.4 Å². The first kappa shape index (κ1) is 15.8. The summed E-state index contributed by atoms with van der Waals surface area (Å²) in [6, 6.07) is 0.323. The fourth-order valence-electron chi connectivity index (χ4n) is 2.25. The molecule has 1 saturated carbocycles. The summed E-state index contributed by atoms with van der Waals surface area (Å²) in [4.78, 5) is 12.6.